The normalized spacial score (nSPS) is 25.0. The maximum Gasteiger partial charge on any atom is 0.0966 e. The molecule has 0 aromatic rings. The van der Waals surface area contributed by atoms with E-state index in [1.165, 1.54) is 77.0 Å². The highest BCUT2D eigenvalue weighted by atomic mass is 28.3. The van der Waals surface area contributed by atoms with Crippen LogP contribution < -0.4 is 0 Å². The molecule has 0 heterocycles. The van der Waals surface area contributed by atoms with E-state index in [1.54, 1.807) is 0 Å². The quantitative estimate of drug-likeness (QED) is 0.490. The van der Waals surface area contributed by atoms with E-state index in [9.17, 15) is 0 Å². The standard InChI is InChI=1S/C22H48N2Si2/c1-6-18(3)23(21-14-10-8-11-15-21)25-20(5)26-24(19(4)7-2)22-16-12-9-13-17-22/h18-22H,6-17,25-26H2,1-5H3. The van der Waals surface area contributed by atoms with Gasteiger partial charge in [-0.1, -0.05) is 73.1 Å². The fourth-order valence-corrected chi connectivity index (χ4v) is 11.7. The molecule has 2 nitrogen and oxygen atoms in total. The van der Waals surface area contributed by atoms with E-state index in [1.807, 2.05) is 0 Å². The van der Waals surface area contributed by atoms with Crippen molar-refractivity contribution in [2.75, 3.05) is 0 Å². The van der Waals surface area contributed by atoms with Gasteiger partial charge in [0.05, 0.1) is 19.4 Å². The third-order valence-electron chi connectivity index (χ3n) is 7.45. The second kappa shape index (κ2) is 12.0. The highest BCUT2D eigenvalue weighted by molar-refractivity contribution is 6.55. The van der Waals surface area contributed by atoms with E-state index in [0.717, 1.165) is 29.3 Å². The first-order valence-electron chi connectivity index (χ1n) is 12.1. The van der Waals surface area contributed by atoms with E-state index < -0.39 is 0 Å². The summed E-state index contributed by atoms with van der Waals surface area (Å²) < 4.78 is 6.15. The first-order chi connectivity index (χ1) is 12.6. The molecule has 0 amide bonds. The number of rotatable bonds is 10. The van der Waals surface area contributed by atoms with E-state index in [4.69, 9.17) is 0 Å². The smallest absolute Gasteiger partial charge is 0.0966 e. The minimum absolute atomic E-state index is 0.118. The first kappa shape index (κ1) is 22.6. The lowest BCUT2D eigenvalue weighted by Crippen LogP contribution is -2.51. The van der Waals surface area contributed by atoms with Crippen LogP contribution >= 0.6 is 0 Å². The van der Waals surface area contributed by atoms with E-state index in [0.29, 0.717) is 0 Å². The van der Waals surface area contributed by atoms with Crippen LogP contribution in [0.3, 0.4) is 0 Å². The largest absolute Gasteiger partial charge is 0.324 e. The Morgan fingerprint density at radius 1 is 0.654 bits per heavy atom. The molecular formula is C22H48N2Si2. The Morgan fingerprint density at radius 2 is 1.00 bits per heavy atom. The molecule has 2 aliphatic carbocycles. The topological polar surface area (TPSA) is 6.48 Å². The summed E-state index contributed by atoms with van der Waals surface area (Å²) in [6.45, 7) is 12.5. The van der Waals surface area contributed by atoms with Gasteiger partial charge in [-0.15, -0.1) is 0 Å². The average molecular weight is 397 g/mol. The van der Waals surface area contributed by atoms with Crippen LogP contribution in [0.5, 0.6) is 0 Å². The molecule has 26 heavy (non-hydrogen) atoms. The lowest BCUT2D eigenvalue weighted by atomic mass is 9.95. The predicted molar refractivity (Wildman–Crippen MR) is 123 cm³/mol. The summed E-state index contributed by atoms with van der Waals surface area (Å²) in [5, 5.41) is 1.06. The zero-order chi connectivity index (χ0) is 18.9. The Kier molecular flexibility index (Phi) is 10.5. The number of hydrogen-bond donors (Lipinski definition) is 0. The van der Waals surface area contributed by atoms with Crippen molar-refractivity contribution >= 4 is 19.4 Å². The highest BCUT2D eigenvalue weighted by Crippen LogP contribution is 2.28. The van der Waals surface area contributed by atoms with Crippen LogP contribution in [-0.4, -0.2) is 52.7 Å². The average Bonchev–Trinajstić information content (AvgIpc) is 2.70. The Bertz CT molecular complexity index is 333. The molecule has 154 valence electrons. The Hall–Kier alpha value is 0.354. The summed E-state index contributed by atoms with van der Waals surface area (Å²) in [6.07, 6.45) is 17.6. The van der Waals surface area contributed by atoms with Crippen molar-refractivity contribution in [1.29, 1.82) is 0 Å². The lowest BCUT2D eigenvalue weighted by Gasteiger charge is -2.43. The number of hydrogen-bond acceptors (Lipinski definition) is 2. The van der Waals surface area contributed by atoms with Crippen molar-refractivity contribution in [3.05, 3.63) is 0 Å². The molecule has 2 aliphatic rings. The number of nitrogens with zero attached hydrogens (tertiary/aromatic N) is 2. The molecule has 2 unspecified atom stereocenters. The summed E-state index contributed by atoms with van der Waals surface area (Å²) in [4.78, 5) is 0. The Morgan fingerprint density at radius 3 is 1.31 bits per heavy atom. The van der Waals surface area contributed by atoms with Crippen molar-refractivity contribution in [1.82, 2.24) is 9.13 Å². The summed E-state index contributed by atoms with van der Waals surface area (Å²) >= 11 is 0. The van der Waals surface area contributed by atoms with Gasteiger partial charge in [0.25, 0.3) is 0 Å². The second-order valence-corrected chi connectivity index (χ2v) is 15.7. The minimum atomic E-state index is -0.118. The fourth-order valence-electron chi connectivity index (χ4n) is 5.45. The molecule has 0 bridgehead atoms. The first-order valence-corrected chi connectivity index (χ1v) is 15.0. The van der Waals surface area contributed by atoms with Gasteiger partial charge >= 0.3 is 0 Å². The molecule has 0 aromatic carbocycles. The molecule has 4 heteroatoms. The third-order valence-corrected chi connectivity index (χ3v) is 13.4. The van der Waals surface area contributed by atoms with Crippen molar-refractivity contribution in [2.45, 2.75) is 141 Å². The minimum Gasteiger partial charge on any atom is -0.324 e. The van der Waals surface area contributed by atoms with E-state index >= 15 is 0 Å². The van der Waals surface area contributed by atoms with Gasteiger partial charge in [0, 0.05) is 12.1 Å². The van der Waals surface area contributed by atoms with Gasteiger partial charge in [-0.25, -0.2) is 0 Å². The van der Waals surface area contributed by atoms with Gasteiger partial charge in [0.15, 0.2) is 0 Å². The van der Waals surface area contributed by atoms with Gasteiger partial charge in [-0.3, -0.25) is 0 Å². The zero-order valence-electron chi connectivity index (χ0n) is 18.7. The second-order valence-electron chi connectivity index (χ2n) is 9.60. The van der Waals surface area contributed by atoms with Crippen LogP contribution in [0, 0.1) is 0 Å². The van der Waals surface area contributed by atoms with Crippen molar-refractivity contribution in [3.8, 4) is 0 Å². The highest BCUT2D eigenvalue weighted by Gasteiger charge is 2.30. The molecule has 2 atom stereocenters. The van der Waals surface area contributed by atoms with Gasteiger partial charge in [-0.05, 0) is 55.8 Å². The third kappa shape index (κ3) is 6.75. The van der Waals surface area contributed by atoms with E-state index in [2.05, 4.69) is 43.7 Å². The van der Waals surface area contributed by atoms with Crippen molar-refractivity contribution in [3.63, 3.8) is 0 Å². The SMILES string of the molecule is CCC(C)N([SiH2]C(C)[SiH2]N(C(C)CC)C1CCCCC1)C1CCCCC1. The van der Waals surface area contributed by atoms with Crippen LogP contribution in [0.4, 0.5) is 0 Å². The molecule has 0 saturated heterocycles. The Labute approximate surface area is 169 Å². The van der Waals surface area contributed by atoms with Crippen LogP contribution in [0.15, 0.2) is 0 Å². The monoisotopic (exact) mass is 396 g/mol. The molecule has 0 N–H and O–H groups in total. The Balaban J connectivity index is 1.97. The lowest BCUT2D eigenvalue weighted by molar-refractivity contribution is 0.202. The molecule has 2 saturated carbocycles. The molecule has 0 spiro atoms. The maximum atomic E-state index is 3.08. The van der Waals surface area contributed by atoms with Crippen LogP contribution in [0.2, 0.25) is 5.16 Å². The summed E-state index contributed by atoms with van der Waals surface area (Å²) in [7, 11) is -0.236. The van der Waals surface area contributed by atoms with Crippen LogP contribution in [0.25, 0.3) is 0 Å². The van der Waals surface area contributed by atoms with Crippen LogP contribution in [0.1, 0.15) is 112 Å². The molecule has 0 radical (unpaired) electrons. The van der Waals surface area contributed by atoms with E-state index in [-0.39, 0.29) is 19.4 Å². The molecule has 2 rings (SSSR count). The van der Waals surface area contributed by atoms with Crippen molar-refractivity contribution < 1.29 is 0 Å². The molecule has 0 aromatic heterocycles. The van der Waals surface area contributed by atoms with Crippen LogP contribution in [-0.2, 0) is 0 Å². The predicted octanol–water partition coefficient (Wildman–Crippen LogP) is 4.79. The van der Waals surface area contributed by atoms with Crippen molar-refractivity contribution in [2.24, 2.45) is 0 Å². The molecular weight excluding hydrogens is 348 g/mol. The van der Waals surface area contributed by atoms with Gasteiger partial charge in [0.2, 0.25) is 0 Å². The summed E-state index contributed by atoms with van der Waals surface area (Å²) in [6, 6.07) is 3.53. The summed E-state index contributed by atoms with van der Waals surface area (Å²) in [5.41, 5.74) is 0. The molecule has 2 fully saturated rings. The summed E-state index contributed by atoms with van der Waals surface area (Å²) in [5.74, 6) is 0. The zero-order valence-corrected chi connectivity index (χ0v) is 21.5. The molecule has 0 aliphatic heterocycles. The maximum absolute atomic E-state index is 3.08. The van der Waals surface area contributed by atoms with Gasteiger partial charge < -0.3 is 9.13 Å². The van der Waals surface area contributed by atoms with Gasteiger partial charge in [0.1, 0.15) is 0 Å². The van der Waals surface area contributed by atoms with Gasteiger partial charge in [-0.2, -0.15) is 0 Å². The fraction of sp³-hybridized carbons (Fsp3) is 1.00.